The van der Waals surface area contributed by atoms with Crippen molar-refractivity contribution in [1.82, 2.24) is 0 Å². The van der Waals surface area contributed by atoms with Crippen molar-refractivity contribution in [3.63, 3.8) is 0 Å². The van der Waals surface area contributed by atoms with E-state index in [9.17, 15) is 0 Å². The number of benzene rings is 1. The number of aromatic hydroxyl groups is 1. The van der Waals surface area contributed by atoms with Crippen LogP contribution in [0.15, 0.2) is 33.7 Å². The summed E-state index contributed by atoms with van der Waals surface area (Å²) in [5, 5.41) is 8.99. The molecule has 1 rings (SSSR count). The first-order valence-electron chi connectivity index (χ1n) is 3.61. The van der Waals surface area contributed by atoms with Crippen LogP contribution in [0, 0.1) is 0 Å². The lowest BCUT2D eigenvalue weighted by Gasteiger charge is -2.02. The highest BCUT2D eigenvalue weighted by molar-refractivity contribution is 9.28. The number of halogens is 2. The predicted molar refractivity (Wildman–Crippen MR) is 59.5 cm³/mol. The van der Waals surface area contributed by atoms with Crippen LogP contribution in [0.2, 0.25) is 0 Å². The Hall–Kier alpha value is -0.480. The molecule has 1 aromatic rings. The average Bonchev–Trinajstić information content (AvgIpc) is 2.08. The molecule has 0 aromatic heterocycles. The van der Waals surface area contributed by atoms with Crippen LogP contribution in [0.3, 0.4) is 0 Å². The molecule has 0 aliphatic rings. The van der Waals surface area contributed by atoms with Crippen molar-refractivity contribution in [3.8, 4) is 11.5 Å². The summed E-state index contributed by atoms with van der Waals surface area (Å²) in [5.74, 6) is 0.972. The molecule has 1 N–H and O–H groups in total. The van der Waals surface area contributed by atoms with Gasteiger partial charge < -0.3 is 9.84 Å². The summed E-state index contributed by atoms with van der Waals surface area (Å²) in [6, 6.07) is 6.60. The first kappa shape index (κ1) is 10.6. The van der Waals surface area contributed by atoms with Gasteiger partial charge >= 0.3 is 0 Å². The summed E-state index contributed by atoms with van der Waals surface area (Å²) in [5.41, 5.74) is 0. The Morgan fingerprint density at radius 2 is 1.92 bits per heavy atom. The molecule has 2 nitrogen and oxygen atoms in total. The van der Waals surface area contributed by atoms with E-state index in [4.69, 9.17) is 9.84 Å². The Balaban J connectivity index is 2.46. The highest BCUT2D eigenvalue weighted by atomic mass is 79.9. The van der Waals surface area contributed by atoms with E-state index in [1.165, 1.54) is 0 Å². The molecule has 0 unspecified atom stereocenters. The van der Waals surface area contributed by atoms with Gasteiger partial charge in [-0.1, -0.05) is 0 Å². The molecular formula is C9H8Br2O2. The van der Waals surface area contributed by atoms with Crippen LogP contribution in [-0.2, 0) is 0 Å². The number of phenolic OH excluding ortho intramolecular Hbond substituents is 1. The van der Waals surface area contributed by atoms with E-state index in [1.807, 2.05) is 6.08 Å². The Morgan fingerprint density at radius 1 is 1.31 bits per heavy atom. The van der Waals surface area contributed by atoms with E-state index in [0.717, 1.165) is 9.14 Å². The lowest BCUT2D eigenvalue weighted by molar-refractivity contribution is 0.362. The first-order chi connectivity index (χ1) is 6.18. The smallest absolute Gasteiger partial charge is 0.120 e. The van der Waals surface area contributed by atoms with Gasteiger partial charge in [-0.15, -0.1) is 0 Å². The van der Waals surface area contributed by atoms with Crippen molar-refractivity contribution in [3.05, 3.63) is 33.7 Å². The van der Waals surface area contributed by atoms with Crippen LogP contribution in [0.1, 0.15) is 0 Å². The maximum atomic E-state index is 8.99. The summed E-state index contributed by atoms with van der Waals surface area (Å²) >= 11 is 6.43. The zero-order valence-corrected chi connectivity index (χ0v) is 9.88. The number of phenols is 1. The SMILES string of the molecule is Oc1ccc(OCC=C(Br)Br)cc1. The third-order valence-electron chi connectivity index (χ3n) is 1.32. The number of hydrogen-bond acceptors (Lipinski definition) is 2. The molecule has 0 aliphatic heterocycles. The van der Waals surface area contributed by atoms with Gasteiger partial charge in [0.2, 0.25) is 0 Å². The zero-order valence-electron chi connectivity index (χ0n) is 6.71. The van der Waals surface area contributed by atoms with E-state index < -0.39 is 0 Å². The second kappa shape index (κ2) is 5.29. The van der Waals surface area contributed by atoms with Gasteiger partial charge in [0, 0.05) is 0 Å². The van der Waals surface area contributed by atoms with Crippen molar-refractivity contribution in [1.29, 1.82) is 0 Å². The molecule has 0 amide bonds. The van der Waals surface area contributed by atoms with Gasteiger partial charge in [0.1, 0.15) is 18.1 Å². The predicted octanol–water partition coefficient (Wildman–Crippen LogP) is 3.40. The Labute approximate surface area is 93.5 Å². The molecule has 0 spiro atoms. The monoisotopic (exact) mass is 306 g/mol. The Morgan fingerprint density at radius 3 is 2.46 bits per heavy atom. The third-order valence-corrected chi connectivity index (χ3v) is 1.97. The minimum absolute atomic E-state index is 0.240. The molecule has 4 heteroatoms. The molecule has 0 saturated heterocycles. The topological polar surface area (TPSA) is 29.5 Å². The molecule has 0 bridgehead atoms. The second-order valence-electron chi connectivity index (χ2n) is 2.30. The molecule has 0 atom stereocenters. The lowest BCUT2D eigenvalue weighted by atomic mass is 10.3. The highest BCUT2D eigenvalue weighted by Gasteiger charge is 1.91. The summed E-state index contributed by atoms with van der Waals surface area (Å²) in [4.78, 5) is 0. The summed E-state index contributed by atoms with van der Waals surface area (Å²) < 4.78 is 6.18. The number of ether oxygens (including phenoxy) is 1. The number of hydrogen-bond donors (Lipinski definition) is 1. The van der Waals surface area contributed by atoms with Crippen molar-refractivity contribution in [2.24, 2.45) is 0 Å². The van der Waals surface area contributed by atoms with Gasteiger partial charge in [-0.25, -0.2) is 0 Å². The summed E-state index contributed by atoms with van der Waals surface area (Å²) in [6.07, 6.45) is 1.84. The molecule has 13 heavy (non-hydrogen) atoms. The zero-order chi connectivity index (χ0) is 9.68. The molecule has 0 fully saturated rings. The van der Waals surface area contributed by atoms with Gasteiger partial charge in [0.25, 0.3) is 0 Å². The van der Waals surface area contributed by atoms with Crippen molar-refractivity contribution >= 4 is 31.9 Å². The molecule has 0 saturated carbocycles. The van der Waals surface area contributed by atoms with E-state index in [2.05, 4.69) is 31.9 Å². The van der Waals surface area contributed by atoms with Crippen LogP contribution in [-0.4, -0.2) is 11.7 Å². The van der Waals surface area contributed by atoms with Crippen LogP contribution in [0.5, 0.6) is 11.5 Å². The minimum Gasteiger partial charge on any atom is -0.508 e. The minimum atomic E-state index is 0.240. The van der Waals surface area contributed by atoms with E-state index in [1.54, 1.807) is 24.3 Å². The van der Waals surface area contributed by atoms with Gasteiger partial charge in [-0.3, -0.25) is 0 Å². The average molecular weight is 308 g/mol. The van der Waals surface area contributed by atoms with Gasteiger partial charge in [0.15, 0.2) is 0 Å². The van der Waals surface area contributed by atoms with E-state index >= 15 is 0 Å². The van der Waals surface area contributed by atoms with Crippen LogP contribution in [0.4, 0.5) is 0 Å². The second-order valence-corrected chi connectivity index (χ2v) is 5.07. The first-order valence-corrected chi connectivity index (χ1v) is 5.20. The fourth-order valence-corrected chi connectivity index (χ4v) is 1.01. The molecule has 0 heterocycles. The lowest BCUT2D eigenvalue weighted by Crippen LogP contribution is -1.92. The Kier molecular flexibility index (Phi) is 4.32. The normalized spacial score (nSPS) is 9.38. The molecule has 1 aromatic carbocycles. The maximum absolute atomic E-state index is 8.99. The van der Waals surface area contributed by atoms with E-state index in [-0.39, 0.29) is 5.75 Å². The van der Waals surface area contributed by atoms with Gasteiger partial charge in [0.05, 0.1) is 3.39 Å². The van der Waals surface area contributed by atoms with Crippen LogP contribution < -0.4 is 4.74 Å². The standard InChI is InChI=1S/C9H8Br2O2/c10-9(11)5-6-13-8-3-1-7(12)2-4-8/h1-5,12H,6H2. The van der Waals surface area contributed by atoms with Crippen LogP contribution in [0.25, 0.3) is 0 Å². The van der Waals surface area contributed by atoms with Gasteiger partial charge in [-0.2, -0.15) is 0 Å². The largest absolute Gasteiger partial charge is 0.508 e. The molecule has 70 valence electrons. The van der Waals surface area contributed by atoms with Crippen molar-refractivity contribution < 1.29 is 9.84 Å². The third kappa shape index (κ3) is 4.33. The van der Waals surface area contributed by atoms with Crippen molar-refractivity contribution in [2.75, 3.05) is 6.61 Å². The number of rotatable bonds is 3. The fourth-order valence-electron chi connectivity index (χ4n) is 0.743. The van der Waals surface area contributed by atoms with Crippen molar-refractivity contribution in [2.45, 2.75) is 0 Å². The van der Waals surface area contributed by atoms with Crippen LogP contribution >= 0.6 is 31.9 Å². The maximum Gasteiger partial charge on any atom is 0.120 e. The highest BCUT2D eigenvalue weighted by Crippen LogP contribution is 2.17. The Bertz CT molecular complexity index is 289. The van der Waals surface area contributed by atoms with Gasteiger partial charge in [-0.05, 0) is 62.2 Å². The summed E-state index contributed by atoms with van der Waals surface area (Å²) in [7, 11) is 0. The fraction of sp³-hybridized carbons (Fsp3) is 0.111. The quantitative estimate of drug-likeness (QED) is 0.927. The molecule has 0 aliphatic carbocycles. The molecule has 0 radical (unpaired) electrons. The van der Waals surface area contributed by atoms with E-state index in [0.29, 0.717) is 6.61 Å². The summed E-state index contributed by atoms with van der Waals surface area (Å²) in [6.45, 7) is 0.483. The molecular weight excluding hydrogens is 300 g/mol.